The largest absolute Gasteiger partial charge is 0.456 e. The van der Waals surface area contributed by atoms with Gasteiger partial charge in [0.25, 0.3) is 0 Å². The Labute approximate surface area is 719 Å². The fraction of sp³-hybridized carbons (Fsp3) is 0.00885. The lowest BCUT2D eigenvalue weighted by molar-refractivity contribution is 0.669. The Balaban J connectivity index is 0.601. The molecule has 25 rings (SSSR count). The van der Waals surface area contributed by atoms with Crippen LogP contribution in [0, 0.1) is 0 Å². The number of hydrogen-bond acceptors (Lipinski definition) is 9. The van der Waals surface area contributed by atoms with E-state index in [2.05, 4.69) is 444 Å². The molecule has 0 bridgehead atoms. The molecule has 5 aromatic heterocycles. The molecule has 0 fully saturated rings. The molecule has 0 spiro atoms. The molecular formula is C113H70N4OS4. The summed E-state index contributed by atoms with van der Waals surface area (Å²) in [5, 5.41) is 14.3. The van der Waals surface area contributed by atoms with Crippen LogP contribution in [0.5, 0.6) is 0 Å². The molecule has 572 valence electrons. The molecule has 0 amide bonds. The molecule has 19 aromatic carbocycles. The van der Waals surface area contributed by atoms with Gasteiger partial charge in [-0.15, -0.1) is 45.3 Å². The van der Waals surface area contributed by atoms with Crippen molar-refractivity contribution in [2.45, 2.75) is 5.41 Å². The Hall–Kier alpha value is -14.7. The third-order valence-electron chi connectivity index (χ3n) is 25.0. The molecule has 0 unspecified atom stereocenters. The van der Waals surface area contributed by atoms with Crippen molar-refractivity contribution in [1.82, 2.24) is 0 Å². The van der Waals surface area contributed by atoms with Gasteiger partial charge in [0, 0.05) is 123 Å². The highest BCUT2D eigenvalue weighted by atomic mass is 32.1. The summed E-state index contributed by atoms with van der Waals surface area (Å²) in [6.07, 6.45) is 0. The van der Waals surface area contributed by atoms with Gasteiger partial charge < -0.3 is 24.0 Å². The van der Waals surface area contributed by atoms with E-state index in [9.17, 15) is 0 Å². The van der Waals surface area contributed by atoms with Crippen molar-refractivity contribution in [2.24, 2.45) is 0 Å². The van der Waals surface area contributed by atoms with Crippen LogP contribution in [0.3, 0.4) is 0 Å². The summed E-state index contributed by atoms with van der Waals surface area (Å²) in [4.78, 5) is 9.96. The molecule has 24 aromatic rings. The standard InChI is InChI=1S/C113H70N4OS4/c1-6-29-74(30-7-1)113(75-31-8-2-9-32-75)94-45-21-18-40-84(94)85-63-59-82(70-95(85)113)116(81-61-65-104-92(69-81)88-42-20-22-50-102(88)119-104)109-83-39-17-16-28-73(83)66-93-108-96(46-26-53-106(108)122-112(93)109)114(76-33-10-3-11-34-76)79-57-54-71(55-58-79)72-56-62-86-91-68-80(60-64-100(91)118-101(86)67-72)115(77-35-12-4-13-36-77)98-48-25-44-90-107-97(47-27-52-105(107)121-111(90)98)117(78-37-14-5-15-38-78)99-49-24-43-89-87-41-19-23-51-103(87)120-110(89)99/h1-70H. The predicted octanol–water partition coefficient (Wildman–Crippen LogP) is 34.1. The molecule has 1 aliphatic carbocycles. The zero-order chi connectivity index (χ0) is 80.1. The van der Waals surface area contributed by atoms with Crippen LogP contribution >= 0.6 is 45.3 Å². The third-order valence-corrected chi connectivity index (χ3v) is 29.8. The molecule has 0 saturated carbocycles. The zero-order valence-corrected chi connectivity index (χ0v) is 69.0. The second-order valence-corrected chi connectivity index (χ2v) is 35.9. The average Bonchev–Trinajstić information content (AvgIpc) is 1.53. The van der Waals surface area contributed by atoms with Gasteiger partial charge in [0.05, 0.1) is 48.0 Å². The van der Waals surface area contributed by atoms with Gasteiger partial charge >= 0.3 is 0 Å². The van der Waals surface area contributed by atoms with E-state index in [1.165, 1.54) is 125 Å². The van der Waals surface area contributed by atoms with Gasteiger partial charge in [-0.05, 0) is 214 Å². The highest BCUT2D eigenvalue weighted by Crippen LogP contribution is 2.60. The smallest absolute Gasteiger partial charge is 0.136 e. The van der Waals surface area contributed by atoms with Gasteiger partial charge in [-0.1, -0.05) is 261 Å². The first-order valence-corrected chi connectivity index (χ1v) is 44.7. The second kappa shape index (κ2) is 28.2. The van der Waals surface area contributed by atoms with Crippen LogP contribution in [0.4, 0.5) is 68.2 Å². The van der Waals surface area contributed by atoms with Gasteiger partial charge in [0.15, 0.2) is 0 Å². The number of rotatable bonds is 15. The van der Waals surface area contributed by atoms with Gasteiger partial charge in [-0.2, -0.15) is 0 Å². The van der Waals surface area contributed by atoms with Crippen LogP contribution in [-0.4, -0.2) is 0 Å². The molecule has 0 aliphatic heterocycles. The summed E-state index contributed by atoms with van der Waals surface area (Å²) >= 11 is 7.47. The number of hydrogen-bond donors (Lipinski definition) is 0. The molecule has 9 heteroatoms. The van der Waals surface area contributed by atoms with Crippen molar-refractivity contribution in [3.05, 3.63) is 447 Å². The highest BCUT2D eigenvalue weighted by molar-refractivity contribution is 7.27. The van der Waals surface area contributed by atoms with Gasteiger partial charge in [-0.25, -0.2) is 0 Å². The zero-order valence-electron chi connectivity index (χ0n) is 65.7. The lowest BCUT2D eigenvalue weighted by Gasteiger charge is -2.35. The maximum Gasteiger partial charge on any atom is 0.136 e. The van der Waals surface area contributed by atoms with Crippen molar-refractivity contribution in [3.63, 3.8) is 0 Å². The average molecular weight is 1630 g/mol. The van der Waals surface area contributed by atoms with Gasteiger partial charge in [0.1, 0.15) is 11.2 Å². The summed E-state index contributed by atoms with van der Waals surface area (Å²) in [7, 11) is 0. The van der Waals surface area contributed by atoms with E-state index < -0.39 is 5.41 Å². The van der Waals surface area contributed by atoms with E-state index in [0.29, 0.717) is 0 Å². The normalized spacial score (nSPS) is 12.5. The molecule has 0 saturated heterocycles. The SMILES string of the molecule is c1ccc(N(c2ccc3oc4cc(-c5ccc(N(c6ccccc6)c6cccc7sc8c(N(c9ccc%10c(c9)C(c9ccccc9)(c9ccccc9)c9ccccc9-%10)c9ccc%10sc%11ccccc%11c%10c9)c9ccccc9cc8c67)cc5)ccc4c3c2)c2cccc3c2sc2cccc(N(c4ccccc4)c4cccc5c4sc4ccccc45)c23)cc1. The number of fused-ring (bicyclic) bond motifs is 19. The molecule has 0 radical (unpaired) electrons. The Bertz CT molecular complexity index is 8260. The fourth-order valence-electron chi connectivity index (χ4n) is 19.8. The summed E-state index contributed by atoms with van der Waals surface area (Å²) in [5.74, 6) is 0. The number of furan rings is 1. The number of para-hydroxylation sites is 3. The van der Waals surface area contributed by atoms with Crippen LogP contribution in [0.25, 0.3) is 136 Å². The van der Waals surface area contributed by atoms with Gasteiger partial charge in [0.2, 0.25) is 0 Å². The maximum atomic E-state index is 6.94. The predicted molar refractivity (Wildman–Crippen MR) is 524 cm³/mol. The van der Waals surface area contributed by atoms with Crippen molar-refractivity contribution in [3.8, 4) is 22.3 Å². The van der Waals surface area contributed by atoms with Crippen molar-refractivity contribution in [2.75, 3.05) is 19.6 Å². The Kier molecular flexibility index (Phi) is 16.3. The number of thiophene rings is 4. The Morgan fingerprint density at radius 2 is 0.664 bits per heavy atom. The molecule has 5 heterocycles. The quantitative estimate of drug-likeness (QED) is 0.102. The lowest BCUT2D eigenvalue weighted by Crippen LogP contribution is -2.28. The molecule has 122 heavy (non-hydrogen) atoms. The minimum Gasteiger partial charge on any atom is -0.456 e. The Morgan fingerprint density at radius 3 is 1.38 bits per heavy atom. The van der Waals surface area contributed by atoms with Crippen molar-refractivity contribution in [1.29, 1.82) is 0 Å². The minimum atomic E-state index is -0.608. The summed E-state index contributed by atoms with van der Waals surface area (Å²) in [6.45, 7) is 0. The first-order chi connectivity index (χ1) is 60.5. The summed E-state index contributed by atoms with van der Waals surface area (Å²) in [5.41, 5.74) is 23.9. The maximum absolute atomic E-state index is 6.94. The molecule has 0 atom stereocenters. The van der Waals surface area contributed by atoms with E-state index in [1.54, 1.807) is 0 Å². The van der Waals surface area contributed by atoms with E-state index >= 15 is 0 Å². The van der Waals surface area contributed by atoms with Crippen LogP contribution in [0.1, 0.15) is 22.3 Å². The lowest BCUT2D eigenvalue weighted by atomic mass is 9.67. The molecule has 5 nitrogen and oxygen atoms in total. The second-order valence-electron chi connectivity index (χ2n) is 31.7. The van der Waals surface area contributed by atoms with Gasteiger partial charge in [-0.3, -0.25) is 0 Å². The van der Waals surface area contributed by atoms with Crippen LogP contribution in [-0.2, 0) is 5.41 Å². The van der Waals surface area contributed by atoms with Crippen LogP contribution < -0.4 is 19.6 Å². The van der Waals surface area contributed by atoms with E-state index in [-0.39, 0.29) is 0 Å². The number of benzene rings is 19. The molecular weight excluding hydrogens is 1560 g/mol. The van der Waals surface area contributed by atoms with E-state index in [0.717, 1.165) is 101 Å². The summed E-state index contributed by atoms with van der Waals surface area (Å²) in [6, 6.07) is 158. The fourth-order valence-corrected chi connectivity index (χ4v) is 24.6. The number of nitrogens with zero attached hydrogens (tertiary/aromatic N) is 4. The Morgan fingerprint density at radius 1 is 0.213 bits per heavy atom. The highest BCUT2D eigenvalue weighted by Gasteiger charge is 2.47. The van der Waals surface area contributed by atoms with Crippen molar-refractivity contribution < 1.29 is 4.42 Å². The summed E-state index contributed by atoms with van der Waals surface area (Å²) < 4.78 is 16.9. The minimum absolute atomic E-state index is 0.608. The molecule has 0 N–H and O–H groups in total. The van der Waals surface area contributed by atoms with Crippen molar-refractivity contribution >= 4 is 227 Å². The number of anilines is 12. The molecule has 1 aliphatic rings. The van der Waals surface area contributed by atoms with Crippen LogP contribution in [0.2, 0.25) is 0 Å². The third kappa shape index (κ3) is 11.0. The van der Waals surface area contributed by atoms with E-state index in [1.807, 2.05) is 45.3 Å². The van der Waals surface area contributed by atoms with E-state index in [4.69, 9.17) is 4.42 Å². The monoisotopic (exact) mass is 1630 g/mol. The topological polar surface area (TPSA) is 26.1 Å². The first-order valence-electron chi connectivity index (χ1n) is 41.4. The van der Waals surface area contributed by atoms with Crippen LogP contribution in [0.15, 0.2) is 429 Å². The first kappa shape index (κ1) is 70.3.